The Labute approximate surface area is 157 Å². The molecule has 0 spiro atoms. The highest BCUT2D eigenvalue weighted by Gasteiger charge is 2.20. The van der Waals surface area contributed by atoms with E-state index >= 15 is 0 Å². The molecule has 0 saturated carbocycles. The zero-order chi connectivity index (χ0) is 19.8. The summed E-state index contributed by atoms with van der Waals surface area (Å²) in [6.07, 6.45) is -0.283. The van der Waals surface area contributed by atoms with E-state index in [4.69, 9.17) is 10.00 Å². The Kier molecular flexibility index (Phi) is 6.84. The zero-order valence-electron chi connectivity index (χ0n) is 15.2. The van der Waals surface area contributed by atoms with E-state index in [9.17, 15) is 14.4 Å². The van der Waals surface area contributed by atoms with Crippen molar-refractivity contribution in [2.75, 3.05) is 5.32 Å². The molecule has 0 radical (unpaired) electrons. The summed E-state index contributed by atoms with van der Waals surface area (Å²) in [5.41, 5.74) is 2.34. The van der Waals surface area contributed by atoms with Crippen molar-refractivity contribution in [3.63, 3.8) is 0 Å². The monoisotopic (exact) mass is 364 g/mol. The van der Waals surface area contributed by atoms with Crippen molar-refractivity contribution in [2.45, 2.75) is 32.8 Å². The van der Waals surface area contributed by atoms with Crippen LogP contribution in [0, 0.1) is 11.3 Å². The van der Waals surface area contributed by atoms with Gasteiger partial charge in [-0.25, -0.2) is 4.79 Å². The number of carbonyl (C=O) groups is 3. The van der Waals surface area contributed by atoms with E-state index < -0.39 is 18.0 Å². The third-order valence-corrected chi connectivity index (χ3v) is 3.94. The van der Waals surface area contributed by atoms with E-state index in [1.165, 1.54) is 31.2 Å². The number of nitrogens with zero attached hydrogens (tertiary/aromatic N) is 1. The molecule has 0 aliphatic heterocycles. The number of rotatable bonds is 7. The highest BCUT2D eigenvalue weighted by atomic mass is 16.5. The predicted molar refractivity (Wildman–Crippen MR) is 100 cm³/mol. The maximum absolute atomic E-state index is 12.4. The molecule has 138 valence electrons. The fourth-order valence-corrected chi connectivity index (χ4v) is 2.39. The van der Waals surface area contributed by atoms with Crippen LogP contribution in [0.3, 0.4) is 0 Å². The molecule has 2 aromatic rings. The fourth-order valence-electron chi connectivity index (χ4n) is 2.39. The van der Waals surface area contributed by atoms with Crippen LogP contribution in [0.5, 0.6) is 0 Å². The predicted octanol–water partition coefficient (Wildman–Crippen LogP) is 3.53. The Balaban J connectivity index is 1.97. The van der Waals surface area contributed by atoms with E-state index in [2.05, 4.69) is 5.32 Å². The quantitative estimate of drug-likeness (QED) is 0.599. The van der Waals surface area contributed by atoms with Crippen molar-refractivity contribution in [3.05, 3.63) is 65.2 Å². The Morgan fingerprint density at radius 2 is 1.63 bits per heavy atom. The Bertz CT molecular complexity index is 865. The van der Waals surface area contributed by atoms with Crippen LogP contribution >= 0.6 is 0 Å². The standard InChI is InChI=1S/C21H20N2O4/c1-3-15-4-6-16(7-5-15)20(25)14(2)27-21(26)17-8-10-18(11-9-17)23-19(24)12-13-22/h4-11,14H,3,12H2,1-2H3,(H,23,24). The first-order chi connectivity index (χ1) is 12.9. The van der Waals surface area contributed by atoms with Gasteiger partial charge >= 0.3 is 5.97 Å². The molecular formula is C21H20N2O4. The molecule has 2 rings (SSSR count). The molecule has 0 aliphatic carbocycles. The van der Waals surface area contributed by atoms with Crippen molar-refractivity contribution in [1.29, 1.82) is 5.26 Å². The molecule has 6 nitrogen and oxygen atoms in total. The smallest absolute Gasteiger partial charge is 0.338 e. The van der Waals surface area contributed by atoms with E-state index in [0.29, 0.717) is 11.3 Å². The van der Waals surface area contributed by atoms with Crippen LogP contribution in [0.1, 0.15) is 46.5 Å². The number of aryl methyl sites for hydroxylation is 1. The second kappa shape index (κ2) is 9.30. The highest BCUT2D eigenvalue weighted by molar-refractivity contribution is 6.01. The highest BCUT2D eigenvalue weighted by Crippen LogP contribution is 2.14. The van der Waals surface area contributed by atoms with Crippen LogP contribution in [0.2, 0.25) is 0 Å². The lowest BCUT2D eigenvalue weighted by atomic mass is 10.0. The van der Waals surface area contributed by atoms with Crippen molar-refractivity contribution < 1.29 is 19.1 Å². The summed E-state index contributed by atoms with van der Waals surface area (Å²) in [6.45, 7) is 3.56. The largest absolute Gasteiger partial charge is 0.451 e. The Morgan fingerprint density at radius 1 is 1.04 bits per heavy atom. The number of Topliss-reactive ketones (excluding diaryl/α,β-unsaturated/α-hetero) is 1. The van der Waals surface area contributed by atoms with Crippen molar-refractivity contribution in [1.82, 2.24) is 0 Å². The van der Waals surface area contributed by atoms with Crippen molar-refractivity contribution in [3.8, 4) is 6.07 Å². The molecule has 1 amide bonds. The first kappa shape index (κ1) is 19.9. The Hall–Kier alpha value is -3.46. The number of hydrogen-bond acceptors (Lipinski definition) is 5. The van der Waals surface area contributed by atoms with Gasteiger partial charge in [0.2, 0.25) is 11.7 Å². The molecule has 6 heteroatoms. The fraction of sp³-hybridized carbons (Fsp3) is 0.238. The summed E-state index contributed by atoms with van der Waals surface area (Å²) in [4.78, 5) is 36.0. The molecule has 0 bridgehead atoms. The van der Waals surface area contributed by atoms with Gasteiger partial charge in [0, 0.05) is 11.3 Å². The van der Waals surface area contributed by atoms with Gasteiger partial charge in [-0.2, -0.15) is 5.26 Å². The van der Waals surface area contributed by atoms with Crippen LogP contribution < -0.4 is 5.32 Å². The summed E-state index contributed by atoms with van der Waals surface area (Å²) in [6, 6.07) is 15.0. The van der Waals surface area contributed by atoms with Gasteiger partial charge in [-0.15, -0.1) is 0 Å². The van der Waals surface area contributed by atoms with Crippen LogP contribution in [0.15, 0.2) is 48.5 Å². The average molecular weight is 364 g/mol. The van der Waals surface area contributed by atoms with Crippen LogP contribution in [-0.4, -0.2) is 23.8 Å². The number of esters is 1. The van der Waals surface area contributed by atoms with Crippen LogP contribution in [0.25, 0.3) is 0 Å². The van der Waals surface area contributed by atoms with E-state index in [-0.39, 0.29) is 17.8 Å². The third kappa shape index (κ3) is 5.51. The minimum atomic E-state index is -0.917. The molecule has 1 atom stereocenters. The average Bonchev–Trinajstić information content (AvgIpc) is 2.68. The zero-order valence-corrected chi connectivity index (χ0v) is 15.2. The number of hydrogen-bond donors (Lipinski definition) is 1. The number of anilines is 1. The lowest BCUT2D eigenvalue weighted by molar-refractivity contribution is -0.115. The number of amides is 1. The first-order valence-corrected chi connectivity index (χ1v) is 8.55. The van der Waals surface area contributed by atoms with Crippen molar-refractivity contribution >= 4 is 23.3 Å². The van der Waals surface area contributed by atoms with E-state index in [1.807, 2.05) is 19.1 Å². The number of carbonyl (C=O) groups excluding carboxylic acids is 3. The van der Waals surface area contributed by atoms with Gasteiger partial charge in [0.25, 0.3) is 0 Å². The van der Waals surface area contributed by atoms with E-state index in [0.717, 1.165) is 12.0 Å². The van der Waals surface area contributed by atoms with Crippen LogP contribution in [-0.2, 0) is 16.0 Å². The maximum atomic E-state index is 12.4. The second-order valence-corrected chi connectivity index (χ2v) is 5.92. The normalized spacial score (nSPS) is 11.1. The third-order valence-electron chi connectivity index (χ3n) is 3.94. The summed E-state index contributed by atoms with van der Waals surface area (Å²) >= 11 is 0. The van der Waals surface area contributed by atoms with Gasteiger partial charge < -0.3 is 10.1 Å². The van der Waals surface area contributed by atoms with Gasteiger partial charge in [-0.3, -0.25) is 9.59 Å². The lowest BCUT2D eigenvalue weighted by Crippen LogP contribution is -2.24. The molecule has 1 N–H and O–H groups in total. The van der Waals surface area contributed by atoms with E-state index in [1.54, 1.807) is 18.2 Å². The number of nitrogens with one attached hydrogen (secondary N) is 1. The van der Waals surface area contributed by atoms with Gasteiger partial charge in [0.1, 0.15) is 6.42 Å². The maximum Gasteiger partial charge on any atom is 0.338 e. The molecule has 0 fully saturated rings. The molecular weight excluding hydrogens is 344 g/mol. The summed E-state index contributed by atoms with van der Waals surface area (Å²) in [7, 11) is 0. The summed E-state index contributed by atoms with van der Waals surface area (Å²) in [5, 5.41) is 11.0. The summed E-state index contributed by atoms with van der Waals surface area (Å²) in [5.74, 6) is -1.33. The molecule has 27 heavy (non-hydrogen) atoms. The van der Waals surface area contributed by atoms with Gasteiger partial charge in [0.05, 0.1) is 11.6 Å². The van der Waals surface area contributed by atoms with Gasteiger partial charge in [0.15, 0.2) is 6.10 Å². The van der Waals surface area contributed by atoms with Gasteiger partial charge in [-0.1, -0.05) is 31.2 Å². The SMILES string of the molecule is CCc1ccc(C(=O)C(C)OC(=O)c2ccc(NC(=O)CC#N)cc2)cc1. The topological polar surface area (TPSA) is 96.3 Å². The minimum absolute atomic E-state index is 0.247. The first-order valence-electron chi connectivity index (χ1n) is 8.55. The number of nitriles is 1. The Morgan fingerprint density at radius 3 is 2.19 bits per heavy atom. The number of ether oxygens (including phenoxy) is 1. The lowest BCUT2D eigenvalue weighted by Gasteiger charge is -2.13. The molecule has 0 aromatic heterocycles. The molecule has 0 heterocycles. The minimum Gasteiger partial charge on any atom is -0.451 e. The number of ketones is 1. The molecule has 0 aliphatic rings. The molecule has 2 aromatic carbocycles. The summed E-state index contributed by atoms with van der Waals surface area (Å²) < 4.78 is 5.25. The van der Waals surface area contributed by atoms with Crippen molar-refractivity contribution in [2.24, 2.45) is 0 Å². The molecule has 1 unspecified atom stereocenters. The second-order valence-electron chi connectivity index (χ2n) is 5.92. The number of benzene rings is 2. The van der Waals surface area contributed by atoms with Crippen LogP contribution in [0.4, 0.5) is 5.69 Å². The molecule has 0 saturated heterocycles. The van der Waals surface area contributed by atoms with Gasteiger partial charge in [-0.05, 0) is 43.2 Å².